The van der Waals surface area contributed by atoms with Crippen molar-refractivity contribution in [1.82, 2.24) is 0 Å². The van der Waals surface area contributed by atoms with E-state index in [-0.39, 0.29) is 0 Å². The van der Waals surface area contributed by atoms with Crippen LogP contribution >= 0.6 is 11.3 Å². The fourth-order valence-electron chi connectivity index (χ4n) is 2.13. The van der Waals surface area contributed by atoms with E-state index in [0.29, 0.717) is 6.61 Å². The fraction of sp³-hybridized carbons (Fsp3) is 0.111. The summed E-state index contributed by atoms with van der Waals surface area (Å²) in [5.74, 6) is 0.770. The molecule has 3 aromatic rings. The van der Waals surface area contributed by atoms with Crippen LogP contribution in [0.5, 0.6) is 5.75 Å². The number of ether oxygens (including phenoxy) is 1. The van der Waals surface area contributed by atoms with Gasteiger partial charge in [0, 0.05) is 4.88 Å². The molecule has 2 aromatic carbocycles. The zero-order valence-electron chi connectivity index (χ0n) is 11.5. The molecule has 0 saturated heterocycles. The highest BCUT2D eigenvalue weighted by atomic mass is 32.1. The number of hydrogen-bond donors (Lipinski definition) is 1. The lowest BCUT2D eigenvalue weighted by Crippen LogP contribution is -1.99. The summed E-state index contributed by atoms with van der Waals surface area (Å²) in [5, 5.41) is 12.3. The first-order valence-corrected chi connectivity index (χ1v) is 7.69. The van der Waals surface area contributed by atoms with Crippen molar-refractivity contribution in [3.8, 4) is 5.75 Å². The molecule has 0 aliphatic rings. The minimum atomic E-state index is -0.592. The largest absolute Gasteiger partial charge is 0.489 e. The van der Waals surface area contributed by atoms with Crippen LogP contribution in [0.2, 0.25) is 0 Å². The van der Waals surface area contributed by atoms with Crippen molar-refractivity contribution in [1.29, 1.82) is 0 Å². The molecule has 0 bridgehead atoms. The Labute approximate surface area is 128 Å². The maximum atomic E-state index is 10.3. The van der Waals surface area contributed by atoms with Gasteiger partial charge >= 0.3 is 0 Å². The van der Waals surface area contributed by atoms with Gasteiger partial charge in [0.1, 0.15) is 18.5 Å². The first kappa shape index (κ1) is 13.9. The van der Waals surface area contributed by atoms with Crippen LogP contribution in [-0.2, 0) is 6.61 Å². The van der Waals surface area contributed by atoms with E-state index in [1.165, 1.54) is 0 Å². The van der Waals surface area contributed by atoms with Gasteiger partial charge in [-0.3, -0.25) is 0 Å². The van der Waals surface area contributed by atoms with Crippen LogP contribution < -0.4 is 4.74 Å². The molecule has 1 aromatic heterocycles. The van der Waals surface area contributed by atoms with Gasteiger partial charge in [-0.1, -0.05) is 48.5 Å². The zero-order chi connectivity index (χ0) is 14.5. The van der Waals surface area contributed by atoms with Crippen molar-refractivity contribution in [3.05, 3.63) is 88.1 Å². The molecule has 2 nitrogen and oxygen atoms in total. The third-order valence-corrected chi connectivity index (χ3v) is 4.16. The Bertz CT molecular complexity index is 677. The Hall–Kier alpha value is -2.10. The number of rotatable bonds is 5. The summed E-state index contributed by atoms with van der Waals surface area (Å²) in [6.45, 7) is 0.527. The number of hydrogen-bond acceptors (Lipinski definition) is 3. The minimum absolute atomic E-state index is 0.527. The Kier molecular flexibility index (Phi) is 4.34. The first-order chi connectivity index (χ1) is 10.3. The molecular weight excluding hydrogens is 280 g/mol. The summed E-state index contributed by atoms with van der Waals surface area (Å²) in [7, 11) is 0. The molecule has 0 fully saturated rings. The second kappa shape index (κ2) is 6.57. The van der Waals surface area contributed by atoms with Gasteiger partial charge in [-0.2, -0.15) is 0 Å². The zero-order valence-corrected chi connectivity index (χ0v) is 12.3. The van der Waals surface area contributed by atoms with Crippen LogP contribution in [0.25, 0.3) is 0 Å². The smallest absolute Gasteiger partial charge is 0.120 e. The number of aliphatic hydroxyl groups is 1. The van der Waals surface area contributed by atoms with Gasteiger partial charge in [0.2, 0.25) is 0 Å². The highest BCUT2D eigenvalue weighted by Gasteiger charge is 2.11. The molecule has 0 amide bonds. The van der Waals surface area contributed by atoms with Gasteiger partial charge in [-0.15, -0.1) is 11.3 Å². The third-order valence-electron chi connectivity index (χ3n) is 3.23. The lowest BCUT2D eigenvalue weighted by molar-refractivity contribution is 0.223. The minimum Gasteiger partial charge on any atom is -0.489 e. The van der Waals surface area contributed by atoms with Gasteiger partial charge < -0.3 is 9.84 Å². The van der Waals surface area contributed by atoms with Crippen LogP contribution in [0.4, 0.5) is 0 Å². The molecule has 1 atom stereocenters. The van der Waals surface area contributed by atoms with E-state index in [2.05, 4.69) is 0 Å². The molecule has 21 heavy (non-hydrogen) atoms. The molecule has 106 valence electrons. The van der Waals surface area contributed by atoms with Gasteiger partial charge in [0.15, 0.2) is 0 Å². The molecule has 3 heteroatoms. The van der Waals surface area contributed by atoms with Crippen molar-refractivity contribution in [2.45, 2.75) is 12.7 Å². The van der Waals surface area contributed by atoms with Gasteiger partial charge in [-0.05, 0) is 34.7 Å². The Morgan fingerprint density at radius 2 is 1.81 bits per heavy atom. The van der Waals surface area contributed by atoms with Crippen LogP contribution in [-0.4, -0.2) is 5.11 Å². The van der Waals surface area contributed by atoms with E-state index in [1.807, 2.05) is 72.1 Å². The third kappa shape index (κ3) is 3.51. The highest BCUT2D eigenvalue weighted by Crippen LogP contribution is 2.28. The lowest BCUT2D eigenvalue weighted by Gasteiger charge is -2.12. The summed E-state index contributed by atoms with van der Waals surface area (Å²) in [6.07, 6.45) is -0.592. The van der Waals surface area contributed by atoms with E-state index in [1.54, 1.807) is 11.3 Å². The highest BCUT2D eigenvalue weighted by molar-refractivity contribution is 7.10. The summed E-state index contributed by atoms with van der Waals surface area (Å²) in [6, 6.07) is 21.6. The van der Waals surface area contributed by atoms with Crippen molar-refractivity contribution in [2.24, 2.45) is 0 Å². The van der Waals surface area contributed by atoms with Gasteiger partial charge in [0.05, 0.1) is 0 Å². The predicted molar refractivity (Wildman–Crippen MR) is 85.6 cm³/mol. The average Bonchev–Trinajstić information content (AvgIpc) is 3.08. The molecule has 0 saturated carbocycles. The van der Waals surface area contributed by atoms with E-state index in [9.17, 15) is 5.11 Å². The fourth-order valence-corrected chi connectivity index (χ4v) is 2.86. The molecule has 1 heterocycles. The quantitative estimate of drug-likeness (QED) is 0.755. The topological polar surface area (TPSA) is 29.5 Å². The first-order valence-electron chi connectivity index (χ1n) is 6.81. The van der Waals surface area contributed by atoms with Crippen molar-refractivity contribution in [2.75, 3.05) is 0 Å². The van der Waals surface area contributed by atoms with E-state index >= 15 is 0 Å². The maximum absolute atomic E-state index is 10.3. The maximum Gasteiger partial charge on any atom is 0.120 e. The summed E-state index contributed by atoms with van der Waals surface area (Å²) >= 11 is 1.55. The predicted octanol–water partition coefficient (Wildman–Crippen LogP) is 4.41. The monoisotopic (exact) mass is 296 g/mol. The Morgan fingerprint density at radius 1 is 0.952 bits per heavy atom. The van der Waals surface area contributed by atoms with E-state index < -0.39 is 6.10 Å². The molecule has 0 aliphatic heterocycles. The van der Waals surface area contributed by atoms with Crippen LogP contribution in [0.1, 0.15) is 22.1 Å². The van der Waals surface area contributed by atoms with Crippen LogP contribution in [0.3, 0.4) is 0 Å². The van der Waals surface area contributed by atoms with Crippen molar-refractivity contribution in [3.63, 3.8) is 0 Å². The second-order valence-electron chi connectivity index (χ2n) is 4.76. The number of benzene rings is 2. The standard InChI is InChI=1S/C18H16O2S/c19-18(17-10-5-11-21-17)15-8-4-9-16(12-15)20-13-14-6-2-1-3-7-14/h1-12,18-19H,13H2/t18-/m0/s1. The van der Waals surface area contributed by atoms with Crippen molar-refractivity contribution >= 4 is 11.3 Å². The summed E-state index contributed by atoms with van der Waals surface area (Å²) in [4.78, 5) is 0.940. The normalized spacial score (nSPS) is 12.0. The molecule has 1 N–H and O–H groups in total. The second-order valence-corrected chi connectivity index (χ2v) is 5.74. The summed E-state index contributed by atoms with van der Waals surface area (Å²) < 4.78 is 5.79. The van der Waals surface area contributed by atoms with E-state index in [4.69, 9.17) is 4.74 Å². The molecule has 0 spiro atoms. The molecule has 0 unspecified atom stereocenters. The Morgan fingerprint density at radius 3 is 2.57 bits per heavy atom. The summed E-state index contributed by atoms with van der Waals surface area (Å²) in [5.41, 5.74) is 1.98. The molecule has 0 radical (unpaired) electrons. The van der Waals surface area contributed by atoms with E-state index in [0.717, 1.165) is 21.8 Å². The van der Waals surface area contributed by atoms with Crippen LogP contribution in [0, 0.1) is 0 Å². The average molecular weight is 296 g/mol. The molecule has 0 aliphatic carbocycles. The SMILES string of the molecule is O[C@@H](c1cccc(OCc2ccccc2)c1)c1cccs1. The lowest BCUT2D eigenvalue weighted by atomic mass is 10.1. The van der Waals surface area contributed by atoms with Gasteiger partial charge in [-0.25, -0.2) is 0 Å². The molecular formula is C18H16O2S. The van der Waals surface area contributed by atoms with Crippen LogP contribution in [0.15, 0.2) is 72.1 Å². The Balaban J connectivity index is 1.71. The van der Waals surface area contributed by atoms with Crippen molar-refractivity contribution < 1.29 is 9.84 Å². The number of aliphatic hydroxyl groups excluding tert-OH is 1. The molecule has 3 rings (SSSR count). The number of thiophene rings is 1. The van der Waals surface area contributed by atoms with Gasteiger partial charge in [0.25, 0.3) is 0 Å².